The van der Waals surface area contributed by atoms with Crippen LogP contribution < -0.4 is 10.5 Å². The van der Waals surface area contributed by atoms with E-state index in [0.717, 1.165) is 28.0 Å². The highest BCUT2D eigenvalue weighted by molar-refractivity contribution is 9.10. The fourth-order valence-corrected chi connectivity index (χ4v) is 2.48. The average molecular weight is 334 g/mol. The summed E-state index contributed by atoms with van der Waals surface area (Å²) in [6.45, 7) is 6.84. The van der Waals surface area contributed by atoms with Gasteiger partial charge in [0.25, 0.3) is 0 Å². The van der Waals surface area contributed by atoms with Crippen LogP contribution in [-0.2, 0) is 6.42 Å². The van der Waals surface area contributed by atoms with Crippen molar-refractivity contribution in [2.24, 2.45) is 5.73 Å². The second kappa shape index (κ2) is 6.42. The Morgan fingerprint density at radius 1 is 1.05 bits per heavy atom. The Kier molecular flexibility index (Phi) is 4.84. The minimum atomic E-state index is 0.623. The van der Waals surface area contributed by atoms with Crippen molar-refractivity contribution in [3.63, 3.8) is 0 Å². The van der Waals surface area contributed by atoms with Gasteiger partial charge in [-0.15, -0.1) is 0 Å². The minimum Gasteiger partial charge on any atom is -0.457 e. The highest BCUT2D eigenvalue weighted by atomic mass is 79.9. The van der Waals surface area contributed by atoms with Crippen LogP contribution in [-0.4, -0.2) is 6.54 Å². The molecule has 0 fully saturated rings. The van der Waals surface area contributed by atoms with Gasteiger partial charge in [0.15, 0.2) is 0 Å². The molecule has 0 atom stereocenters. The molecule has 0 unspecified atom stereocenters. The molecular formula is C17H20BrNO. The van der Waals surface area contributed by atoms with Crippen LogP contribution in [0.1, 0.15) is 22.3 Å². The molecule has 0 spiro atoms. The zero-order valence-corrected chi connectivity index (χ0v) is 13.8. The lowest BCUT2D eigenvalue weighted by molar-refractivity contribution is 0.475. The predicted molar refractivity (Wildman–Crippen MR) is 87.6 cm³/mol. The molecule has 0 aromatic heterocycles. The maximum absolute atomic E-state index is 6.06. The van der Waals surface area contributed by atoms with Gasteiger partial charge in [0.05, 0.1) is 0 Å². The fraction of sp³-hybridized carbons (Fsp3) is 0.294. The normalized spacial score (nSPS) is 10.7. The summed E-state index contributed by atoms with van der Waals surface area (Å²) in [4.78, 5) is 0. The number of benzene rings is 2. The zero-order chi connectivity index (χ0) is 14.7. The van der Waals surface area contributed by atoms with E-state index in [9.17, 15) is 0 Å². The first-order valence-electron chi connectivity index (χ1n) is 6.75. The van der Waals surface area contributed by atoms with Gasteiger partial charge in [-0.05, 0) is 68.6 Å². The van der Waals surface area contributed by atoms with Crippen molar-refractivity contribution < 1.29 is 4.74 Å². The van der Waals surface area contributed by atoms with E-state index in [0.29, 0.717) is 6.54 Å². The van der Waals surface area contributed by atoms with Crippen LogP contribution in [0.25, 0.3) is 0 Å². The maximum Gasteiger partial charge on any atom is 0.130 e. The van der Waals surface area contributed by atoms with Crippen molar-refractivity contribution in [2.45, 2.75) is 27.2 Å². The van der Waals surface area contributed by atoms with Crippen molar-refractivity contribution >= 4 is 15.9 Å². The minimum absolute atomic E-state index is 0.623. The second-order valence-electron chi connectivity index (χ2n) is 5.12. The van der Waals surface area contributed by atoms with Crippen LogP contribution >= 0.6 is 15.9 Å². The third kappa shape index (κ3) is 3.41. The van der Waals surface area contributed by atoms with E-state index in [1.54, 1.807) is 0 Å². The lowest BCUT2D eigenvalue weighted by Crippen LogP contribution is -2.04. The molecule has 106 valence electrons. The standard InChI is InChI=1S/C17H20BrNO/c1-11-4-5-16(14(8-11)6-7-19)20-15-9-12(2)17(18)13(3)10-15/h4-5,8-10H,6-7,19H2,1-3H3. The molecular weight excluding hydrogens is 314 g/mol. The van der Waals surface area contributed by atoms with Crippen LogP contribution in [0, 0.1) is 20.8 Å². The van der Waals surface area contributed by atoms with Gasteiger partial charge in [-0.3, -0.25) is 0 Å². The first-order valence-corrected chi connectivity index (χ1v) is 7.54. The number of halogens is 1. The van der Waals surface area contributed by atoms with E-state index in [2.05, 4.69) is 48.8 Å². The molecule has 0 aliphatic rings. The van der Waals surface area contributed by atoms with Gasteiger partial charge < -0.3 is 10.5 Å². The Hall–Kier alpha value is -1.32. The van der Waals surface area contributed by atoms with Gasteiger partial charge in [0.1, 0.15) is 11.5 Å². The molecule has 2 nitrogen and oxygen atoms in total. The van der Waals surface area contributed by atoms with Crippen molar-refractivity contribution in [1.29, 1.82) is 0 Å². The van der Waals surface area contributed by atoms with Crippen molar-refractivity contribution in [3.05, 3.63) is 57.1 Å². The highest BCUT2D eigenvalue weighted by Gasteiger charge is 2.08. The van der Waals surface area contributed by atoms with Crippen LogP contribution in [0.15, 0.2) is 34.8 Å². The first-order chi connectivity index (χ1) is 9.51. The van der Waals surface area contributed by atoms with Crippen molar-refractivity contribution in [3.8, 4) is 11.5 Å². The molecule has 0 bridgehead atoms. The molecule has 0 aliphatic carbocycles. The fourth-order valence-electron chi connectivity index (χ4n) is 2.25. The Morgan fingerprint density at radius 2 is 1.70 bits per heavy atom. The van der Waals surface area contributed by atoms with Gasteiger partial charge in [-0.25, -0.2) is 0 Å². The summed E-state index contributed by atoms with van der Waals surface area (Å²) >= 11 is 3.58. The Bertz CT molecular complexity index is 599. The van der Waals surface area contributed by atoms with Gasteiger partial charge in [0, 0.05) is 4.47 Å². The van der Waals surface area contributed by atoms with Crippen LogP contribution in [0.3, 0.4) is 0 Å². The van der Waals surface area contributed by atoms with Crippen LogP contribution in [0.4, 0.5) is 0 Å². The molecule has 2 aromatic rings. The van der Waals surface area contributed by atoms with E-state index in [-0.39, 0.29) is 0 Å². The van der Waals surface area contributed by atoms with Crippen molar-refractivity contribution in [2.75, 3.05) is 6.54 Å². The molecule has 2 aromatic carbocycles. The lowest BCUT2D eigenvalue weighted by atomic mass is 10.1. The van der Waals surface area contributed by atoms with Crippen LogP contribution in [0.5, 0.6) is 11.5 Å². The summed E-state index contributed by atoms with van der Waals surface area (Å²) in [6.07, 6.45) is 0.825. The third-order valence-corrected chi connectivity index (χ3v) is 4.52. The molecule has 0 aliphatic heterocycles. The highest BCUT2D eigenvalue weighted by Crippen LogP contribution is 2.31. The molecule has 0 radical (unpaired) electrons. The Morgan fingerprint density at radius 3 is 2.30 bits per heavy atom. The Balaban J connectivity index is 2.34. The molecule has 3 heteroatoms. The number of hydrogen-bond donors (Lipinski definition) is 1. The molecule has 2 N–H and O–H groups in total. The number of rotatable bonds is 4. The molecule has 2 rings (SSSR count). The number of aryl methyl sites for hydroxylation is 3. The molecule has 0 amide bonds. The number of ether oxygens (including phenoxy) is 1. The zero-order valence-electron chi connectivity index (χ0n) is 12.2. The topological polar surface area (TPSA) is 35.2 Å². The van der Waals surface area contributed by atoms with E-state index in [4.69, 9.17) is 10.5 Å². The van der Waals surface area contributed by atoms with Gasteiger partial charge >= 0.3 is 0 Å². The monoisotopic (exact) mass is 333 g/mol. The van der Waals surface area contributed by atoms with Gasteiger partial charge in [-0.1, -0.05) is 33.6 Å². The average Bonchev–Trinajstić information content (AvgIpc) is 2.39. The second-order valence-corrected chi connectivity index (χ2v) is 5.92. The molecule has 0 heterocycles. The van der Waals surface area contributed by atoms with E-state index in [1.807, 2.05) is 18.2 Å². The summed E-state index contributed by atoms with van der Waals surface area (Å²) < 4.78 is 7.19. The first kappa shape index (κ1) is 15.1. The summed E-state index contributed by atoms with van der Waals surface area (Å²) in [6, 6.07) is 10.3. The Labute approximate surface area is 129 Å². The van der Waals surface area contributed by atoms with E-state index >= 15 is 0 Å². The van der Waals surface area contributed by atoms with Gasteiger partial charge in [0.2, 0.25) is 0 Å². The summed E-state index contributed by atoms with van der Waals surface area (Å²) in [5.41, 5.74) is 10.4. The third-order valence-electron chi connectivity index (χ3n) is 3.27. The van der Waals surface area contributed by atoms with Gasteiger partial charge in [-0.2, -0.15) is 0 Å². The van der Waals surface area contributed by atoms with Crippen molar-refractivity contribution in [1.82, 2.24) is 0 Å². The van der Waals surface area contributed by atoms with E-state index < -0.39 is 0 Å². The maximum atomic E-state index is 6.06. The summed E-state index contributed by atoms with van der Waals surface area (Å²) in [7, 11) is 0. The molecule has 20 heavy (non-hydrogen) atoms. The smallest absolute Gasteiger partial charge is 0.130 e. The molecule has 0 saturated carbocycles. The quantitative estimate of drug-likeness (QED) is 0.882. The molecule has 0 saturated heterocycles. The number of nitrogens with two attached hydrogens (primary N) is 1. The summed E-state index contributed by atoms with van der Waals surface area (Å²) in [5.74, 6) is 1.76. The van der Waals surface area contributed by atoms with E-state index in [1.165, 1.54) is 16.7 Å². The summed E-state index contributed by atoms with van der Waals surface area (Å²) in [5, 5.41) is 0. The van der Waals surface area contributed by atoms with Crippen LogP contribution in [0.2, 0.25) is 0 Å². The lowest BCUT2D eigenvalue weighted by Gasteiger charge is -2.13. The SMILES string of the molecule is Cc1ccc(Oc2cc(C)c(Br)c(C)c2)c(CCN)c1. The predicted octanol–water partition coefficient (Wildman–Crippen LogP) is 4.67. The number of hydrogen-bond acceptors (Lipinski definition) is 2. The largest absolute Gasteiger partial charge is 0.457 e.